The van der Waals surface area contributed by atoms with Crippen molar-refractivity contribution in [3.05, 3.63) is 54.2 Å². The van der Waals surface area contributed by atoms with E-state index in [9.17, 15) is 8.42 Å². The highest BCUT2D eigenvalue weighted by Gasteiger charge is 2.14. The van der Waals surface area contributed by atoms with Gasteiger partial charge in [-0.2, -0.15) is 13.5 Å². The number of nitrogens with one attached hydrogen (secondary N) is 1. The van der Waals surface area contributed by atoms with Gasteiger partial charge in [0.25, 0.3) is 10.1 Å². The summed E-state index contributed by atoms with van der Waals surface area (Å²) in [5.41, 5.74) is 8.20. The number of aryl methyl sites for hydroxylation is 2. The van der Waals surface area contributed by atoms with Crippen LogP contribution in [0.4, 0.5) is 0 Å². The summed E-state index contributed by atoms with van der Waals surface area (Å²) in [7, 11) is -1.85. The Morgan fingerprint density at radius 2 is 1.91 bits per heavy atom. The fourth-order valence-electron chi connectivity index (χ4n) is 3.20. The van der Waals surface area contributed by atoms with Crippen molar-refractivity contribution in [1.82, 2.24) is 29.6 Å². The Balaban J connectivity index is 0.000000277. The van der Waals surface area contributed by atoms with Crippen molar-refractivity contribution < 1.29 is 13.0 Å². The van der Waals surface area contributed by atoms with Gasteiger partial charge in [0.15, 0.2) is 0 Å². The molecule has 0 radical (unpaired) electrons. The molecule has 4 N–H and O–H groups in total. The molecule has 0 spiro atoms. The summed E-state index contributed by atoms with van der Waals surface area (Å²) >= 11 is 0. The first kappa shape index (κ1) is 26.7. The van der Waals surface area contributed by atoms with Crippen molar-refractivity contribution in [2.24, 2.45) is 12.8 Å². The van der Waals surface area contributed by atoms with Gasteiger partial charge in [0.1, 0.15) is 11.5 Å². The molecule has 2 heterocycles. The van der Waals surface area contributed by atoms with E-state index in [1.165, 1.54) is 5.56 Å². The molecule has 1 atom stereocenters. The second-order valence-electron chi connectivity index (χ2n) is 7.77. The van der Waals surface area contributed by atoms with Crippen LogP contribution in [0.5, 0.6) is 0 Å². The van der Waals surface area contributed by atoms with Gasteiger partial charge in [0.05, 0.1) is 18.1 Å². The average molecular weight is 478 g/mol. The summed E-state index contributed by atoms with van der Waals surface area (Å²) in [5.74, 6) is 1.15. The molecular weight excluding hydrogens is 442 g/mol. The number of benzene rings is 1. The number of nitrogens with zero attached hydrogens (tertiary/aromatic N) is 5. The van der Waals surface area contributed by atoms with Gasteiger partial charge in [-0.3, -0.25) is 9.65 Å². The Hall–Kier alpha value is -2.60. The summed E-state index contributed by atoms with van der Waals surface area (Å²) in [5, 5.41) is 7.10. The van der Waals surface area contributed by atoms with Crippen molar-refractivity contribution in [3.8, 4) is 11.5 Å². The van der Waals surface area contributed by atoms with Crippen LogP contribution < -0.4 is 5.73 Å². The van der Waals surface area contributed by atoms with E-state index >= 15 is 0 Å². The van der Waals surface area contributed by atoms with Gasteiger partial charge < -0.3 is 15.2 Å². The average Bonchev–Trinajstić information content (AvgIpc) is 3.45. The topological polar surface area (TPSA) is 143 Å². The second-order valence-corrected chi connectivity index (χ2v) is 9.34. The number of hydrogen-bond donors (Lipinski definition) is 3. The van der Waals surface area contributed by atoms with Gasteiger partial charge in [-0.1, -0.05) is 44.2 Å². The van der Waals surface area contributed by atoms with Crippen LogP contribution in [-0.2, 0) is 23.6 Å². The van der Waals surface area contributed by atoms with E-state index in [4.69, 9.17) is 10.3 Å². The third-order valence-corrected chi connectivity index (χ3v) is 5.95. The normalized spacial score (nSPS) is 12.4. The maximum Gasteiger partial charge on any atom is 0.264 e. The predicted octanol–water partition coefficient (Wildman–Crippen LogP) is 2.44. The lowest BCUT2D eigenvalue weighted by molar-refractivity contribution is 0.304. The van der Waals surface area contributed by atoms with Gasteiger partial charge >= 0.3 is 0 Å². The van der Waals surface area contributed by atoms with E-state index in [-0.39, 0.29) is 11.8 Å². The minimum Gasteiger partial charge on any atom is -0.340 e. The molecule has 0 saturated heterocycles. The van der Waals surface area contributed by atoms with E-state index < -0.39 is 10.1 Å². The number of imidazole rings is 1. The van der Waals surface area contributed by atoms with Crippen LogP contribution in [-0.4, -0.2) is 68.0 Å². The highest BCUT2D eigenvalue weighted by Crippen LogP contribution is 2.17. The number of H-pyrrole nitrogens is 1. The van der Waals surface area contributed by atoms with Gasteiger partial charge in [0, 0.05) is 13.2 Å². The fraction of sp³-hybridized carbons (Fsp3) is 0.500. The molecule has 11 heteroatoms. The van der Waals surface area contributed by atoms with Crippen LogP contribution in [0.2, 0.25) is 0 Å². The van der Waals surface area contributed by atoms with Crippen LogP contribution in [0.25, 0.3) is 11.5 Å². The Bertz CT molecular complexity index is 1050. The number of hydrogen-bond acceptors (Lipinski definition) is 7. The summed E-state index contributed by atoms with van der Waals surface area (Å²) in [6, 6.07) is 10.1. The molecular formula is C22H35N7O3S. The number of rotatable bonds is 11. The lowest BCUT2D eigenvalue weighted by Crippen LogP contribution is -2.25. The molecule has 182 valence electrons. The van der Waals surface area contributed by atoms with E-state index in [0.717, 1.165) is 38.2 Å². The lowest BCUT2D eigenvalue weighted by Gasteiger charge is -2.16. The molecule has 0 unspecified atom stereocenters. The second kappa shape index (κ2) is 13.2. The van der Waals surface area contributed by atoms with Gasteiger partial charge in [-0.05, 0) is 44.5 Å². The van der Waals surface area contributed by atoms with Gasteiger partial charge in [-0.25, -0.2) is 9.97 Å². The molecule has 33 heavy (non-hydrogen) atoms. The van der Waals surface area contributed by atoms with E-state index in [2.05, 4.69) is 37.2 Å². The van der Waals surface area contributed by atoms with Crippen LogP contribution in [0, 0.1) is 0 Å². The van der Waals surface area contributed by atoms with Gasteiger partial charge in [0.2, 0.25) is 5.82 Å². The number of nitrogens with two attached hydrogens (primary N) is 1. The van der Waals surface area contributed by atoms with E-state index in [1.807, 2.05) is 49.9 Å². The van der Waals surface area contributed by atoms with Crippen LogP contribution >= 0.6 is 0 Å². The third-order valence-electron chi connectivity index (χ3n) is 5.15. The van der Waals surface area contributed by atoms with Crippen molar-refractivity contribution >= 4 is 10.1 Å². The Kier molecular flexibility index (Phi) is 10.7. The Morgan fingerprint density at radius 3 is 2.48 bits per heavy atom. The molecule has 1 aromatic carbocycles. The van der Waals surface area contributed by atoms with Crippen LogP contribution in [0.15, 0.2) is 42.9 Å². The van der Waals surface area contributed by atoms with Crippen molar-refractivity contribution in [3.63, 3.8) is 0 Å². The third kappa shape index (κ3) is 9.82. The quantitative estimate of drug-likeness (QED) is 0.357. The summed E-state index contributed by atoms with van der Waals surface area (Å²) in [4.78, 5) is 10.8. The van der Waals surface area contributed by atoms with Crippen LogP contribution in [0.1, 0.15) is 44.1 Å². The molecule has 10 nitrogen and oxygen atoms in total. The first-order valence-electron chi connectivity index (χ1n) is 11.1. The lowest BCUT2D eigenvalue weighted by atomic mass is 10.1. The van der Waals surface area contributed by atoms with E-state index in [1.54, 1.807) is 6.33 Å². The van der Waals surface area contributed by atoms with E-state index in [0.29, 0.717) is 18.1 Å². The summed E-state index contributed by atoms with van der Waals surface area (Å²) in [6.45, 7) is 6.62. The minimum absolute atomic E-state index is 0.135. The molecule has 0 aliphatic rings. The Morgan fingerprint density at radius 1 is 1.21 bits per heavy atom. The highest BCUT2D eigenvalue weighted by molar-refractivity contribution is 7.85. The Labute approximate surface area is 196 Å². The number of aromatic amines is 1. The zero-order chi connectivity index (χ0) is 24.3. The molecule has 3 aromatic rings. The largest absolute Gasteiger partial charge is 0.340 e. The van der Waals surface area contributed by atoms with Crippen molar-refractivity contribution in [1.29, 1.82) is 0 Å². The SMILES string of the molecule is CCN(CC)CCCS(=O)(=O)O.Cn1cnc(-c2n[nH]c([C@H](N)CCc3ccccc3)n2)c1. The predicted molar refractivity (Wildman–Crippen MR) is 129 cm³/mol. The maximum absolute atomic E-state index is 10.3. The highest BCUT2D eigenvalue weighted by atomic mass is 32.2. The molecule has 0 aliphatic heterocycles. The molecule has 0 bridgehead atoms. The number of aromatic nitrogens is 5. The molecule has 0 amide bonds. The first-order chi connectivity index (χ1) is 15.7. The van der Waals surface area contributed by atoms with Gasteiger partial charge in [-0.15, -0.1) is 0 Å². The zero-order valence-corrected chi connectivity index (χ0v) is 20.4. The molecule has 0 saturated carbocycles. The molecule has 3 rings (SSSR count). The fourth-order valence-corrected chi connectivity index (χ4v) is 3.69. The maximum atomic E-state index is 10.3. The van der Waals surface area contributed by atoms with Crippen molar-refractivity contribution in [2.45, 2.75) is 39.2 Å². The molecule has 2 aromatic heterocycles. The van der Waals surface area contributed by atoms with Crippen molar-refractivity contribution in [2.75, 3.05) is 25.4 Å². The monoisotopic (exact) mass is 477 g/mol. The van der Waals surface area contributed by atoms with Crippen LogP contribution in [0.3, 0.4) is 0 Å². The zero-order valence-electron chi connectivity index (χ0n) is 19.6. The standard InChI is InChI=1S/C15H18N6.C7H17NO3S/c1-21-9-13(17-10-21)15-18-14(19-20-15)12(16)8-7-11-5-3-2-4-6-11;1-3-8(4-2)6-5-7-12(9,10)11/h2-6,9-10,12H,7-8,16H2,1H3,(H,18,19,20);3-7H2,1-2H3,(H,9,10,11)/t12-;/m1./s1. The minimum atomic E-state index is -3.76. The smallest absolute Gasteiger partial charge is 0.264 e. The molecule has 0 fully saturated rings. The molecule has 0 aliphatic carbocycles. The first-order valence-corrected chi connectivity index (χ1v) is 12.7. The summed E-state index contributed by atoms with van der Waals surface area (Å²) in [6.07, 6.45) is 5.84. The summed E-state index contributed by atoms with van der Waals surface area (Å²) < 4.78 is 30.9.